The summed E-state index contributed by atoms with van der Waals surface area (Å²) in [5.41, 5.74) is 1.55. The van der Waals surface area contributed by atoms with Gasteiger partial charge in [0.05, 0.1) is 5.02 Å². The summed E-state index contributed by atoms with van der Waals surface area (Å²) in [4.78, 5) is 27.4. The zero-order valence-electron chi connectivity index (χ0n) is 19.5. The van der Waals surface area contributed by atoms with E-state index >= 15 is 0 Å². The predicted molar refractivity (Wildman–Crippen MR) is 141 cm³/mol. The third-order valence-corrected chi connectivity index (χ3v) is 5.94. The Morgan fingerprint density at radius 3 is 2.38 bits per heavy atom. The van der Waals surface area contributed by atoms with Crippen molar-refractivity contribution in [2.24, 2.45) is 10.9 Å². The number of amidine groups is 1. The Morgan fingerprint density at radius 1 is 1.15 bits per heavy atom. The Balaban J connectivity index is 0.00000199. The van der Waals surface area contributed by atoms with Crippen LogP contribution < -0.4 is 16.0 Å². The van der Waals surface area contributed by atoms with Crippen LogP contribution in [0.5, 0.6) is 0 Å². The molecule has 1 fully saturated rings. The second kappa shape index (κ2) is 14.4. The maximum Gasteiger partial charge on any atom is 0.322 e. The van der Waals surface area contributed by atoms with Crippen molar-refractivity contribution >= 4 is 47.5 Å². The minimum Gasteiger partial charge on any atom is -0.341 e. The first-order valence-electron chi connectivity index (χ1n) is 11.0. The smallest absolute Gasteiger partial charge is 0.322 e. The molecule has 0 bridgehead atoms. The van der Waals surface area contributed by atoms with E-state index in [4.69, 9.17) is 33.0 Å². The molecule has 2 aromatic rings. The van der Waals surface area contributed by atoms with E-state index in [0.29, 0.717) is 34.2 Å². The largest absolute Gasteiger partial charge is 0.341 e. The van der Waals surface area contributed by atoms with Crippen molar-refractivity contribution in [1.29, 1.82) is 0 Å². The lowest BCUT2D eigenvalue weighted by Crippen LogP contribution is -2.42. The standard InChI is InChI=1S/C24H29Cl2N5O.CH2O/c1-3-22(31(24(32)27-2)16-17-12-14-28-15-13-17)30-23(20-6-4-5-7-21(20)26)29-19-10-8-18(25)9-11-19;1-2/h3-11,17,28H,12-16H2,1-2H3,(H,27,32)(H,29,30);1H2/b22-3-;. The van der Waals surface area contributed by atoms with E-state index in [1.54, 1.807) is 24.1 Å². The number of nitrogens with zero attached hydrogens (tertiary/aromatic N) is 2. The normalized spacial score (nSPS) is 14.6. The lowest BCUT2D eigenvalue weighted by atomic mass is 9.97. The van der Waals surface area contributed by atoms with Crippen LogP contribution in [0.1, 0.15) is 25.3 Å². The number of carbonyl (C=O) groups is 2. The summed E-state index contributed by atoms with van der Waals surface area (Å²) in [6.45, 7) is 6.40. The molecule has 0 saturated carbocycles. The van der Waals surface area contributed by atoms with E-state index in [9.17, 15) is 4.79 Å². The van der Waals surface area contributed by atoms with Crippen LogP contribution in [-0.4, -0.2) is 50.2 Å². The van der Waals surface area contributed by atoms with Crippen LogP contribution >= 0.6 is 23.2 Å². The molecule has 3 rings (SSSR count). The quantitative estimate of drug-likeness (QED) is 0.374. The molecule has 1 aliphatic rings. The highest BCUT2D eigenvalue weighted by Gasteiger charge is 2.23. The molecule has 182 valence electrons. The summed E-state index contributed by atoms with van der Waals surface area (Å²) in [5, 5.41) is 10.7. The van der Waals surface area contributed by atoms with Crippen LogP contribution in [0.25, 0.3) is 0 Å². The molecule has 0 spiro atoms. The molecule has 0 aliphatic carbocycles. The molecule has 0 atom stereocenters. The van der Waals surface area contributed by atoms with Crippen LogP contribution in [0.15, 0.2) is 65.4 Å². The number of nitrogens with one attached hydrogen (secondary N) is 3. The van der Waals surface area contributed by atoms with Gasteiger partial charge in [-0.15, -0.1) is 0 Å². The SMILES string of the molecule is C/C=C(/N=C(\Nc1ccc(Cl)cc1)c1ccccc1Cl)N(CC1CCNCC1)C(=O)NC.C=O. The molecule has 1 aliphatic heterocycles. The van der Waals surface area contributed by atoms with Gasteiger partial charge in [0, 0.05) is 29.9 Å². The number of aliphatic imine (C=N–C) groups is 1. The average Bonchev–Trinajstić information content (AvgIpc) is 2.88. The fourth-order valence-corrected chi connectivity index (χ4v) is 3.96. The number of benzene rings is 2. The van der Waals surface area contributed by atoms with E-state index < -0.39 is 0 Å². The molecular weight excluding hydrogens is 473 g/mol. The number of urea groups is 1. The topological polar surface area (TPSA) is 85.8 Å². The molecule has 1 heterocycles. The Kier molecular flexibility index (Phi) is 11.6. The first-order valence-corrected chi connectivity index (χ1v) is 11.8. The Labute approximate surface area is 211 Å². The number of hydrogen-bond donors (Lipinski definition) is 3. The molecule has 3 N–H and O–H groups in total. The fourth-order valence-electron chi connectivity index (χ4n) is 3.61. The van der Waals surface area contributed by atoms with Crippen LogP contribution in [0, 0.1) is 5.92 Å². The van der Waals surface area contributed by atoms with Gasteiger partial charge in [0.15, 0.2) is 0 Å². The molecule has 2 amide bonds. The molecule has 0 radical (unpaired) electrons. The van der Waals surface area contributed by atoms with Crippen molar-refractivity contribution in [2.45, 2.75) is 19.8 Å². The highest BCUT2D eigenvalue weighted by atomic mass is 35.5. The highest BCUT2D eigenvalue weighted by Crippen LogP contribution is 2.22. The van der Waals surface area contributed by atoms with Crippen molar-refractivity contribution in [3.05, 3.63) is 76.0 Å². The summed E-state index contributed by atoms with van der Waals surface area (Å²) < 4.78 is 0. The van der Waals surface area contributed by atoms with Gasteiger partial charge < -0.3 is 20.7 Å². The highest BCUT2D eigenvalue weighted by molar-refractivity contribution is 6.35. The van der Waals surface area contributed by atoms with Crippen LogP contribution in [0.2, 0.25) is 10.0 Å². The monoisotopic (exact) mass is 503 g/mol. The third-order valence-electron chi connectivity index (χ3n) is 5.36. The number of anilines is 1. The first kappa shape index (κ1) is 27.4. The van der Waals surface area contributed by atoms with Gasteiger partial charge in [0.1, 0.15) is 18.4 Å². The Bertz CT molecular complexity index is 989. The van der Waals surface area contributed by atoms with Crippen molar-refractivity contribution in [3.63, 3.8) is 0 Å². The molecule has 7 nitrogen and oxygen atoms in total. The minimum absolute atomic E-state index is 0.189. The van der Waals surface area contributed by atoms with Gasteiger partial charge in [0.2, 0.25) is 0 Å². The lowest BCUT2D eigenvalue weighted by Gasteiger charge is -2.30. The Morgan fingerprint density at radius 2 is 1.79 bits per heavy atom. The summed E-state index contributed by atoms with van der Waals surface area (Å²) in [6, 6.07) is 14.6. The summed E-state index contributed by atoms with van der Waals surface area (Å²) in [7, 11) is 1.63. The number of allylic oxidation sites excluding steroid dienone is 1. The van der Waals surface area contributed by atoms with Gasteiger partial charge in [-0.3, -0.25) is 4.90 Å². The maximum atomic E-state index is 12.8. The summed E-state index contributed by atoms with van der Waals surface area (Å²) in [5.74, 6) is 1.51. The van der Waals surface area contributed by atoms with Crippen LogP contribution in [0.4, 0.5) is 10.5 Å². The number of amides is 2. The molecule has 34 heavy (non-hydrogen) atoms. The molecule has 0 aromatic heterocycles. The molecule has 2 aromatic carbocycles. The van der Waals surface area contributed by atoms with Crippen molar-refractivity contribution in [1.82, 2.24) is 15.5 Å². The average molecular weight is 504 g/mol. The molecule has 1 saturated heterocycles. The number of hydrogen-bond acceptors (Lipinski definition) is 4. The van der Waals surface area contributed by atoms with Crippen molar-refractivity contribution in [3.8, 4) is 0 Å². The van der Waals surface area contributed by atoms with Gasteiger partial charge in [-0.2, -0.15) is 0 Å². The van der Waals surface area contributed by atoms with E-state index in [1.807, 2.05) is 56.2 Å². The molecule has 0 unspecified atom stereocenters. The third kappa shape index (κ3) is 7.87. The lowest BCUT2D eigenvalue weighted by molar-refractivity contribution is -0.0980. The van der Waals surface area contributed by atoms with E-state index in [0.717, 1.165) is 37.2 Å². The van der Waals surface area contributed by atoms with E-state index in [1.165, 1.54) is 0 Å². The zero-order valence-corrected chi connectivity index (χ0v) is 21.0. The van der Waals surface area contributed by atoms with Crippen molar-refractivity contribution in [2.75, 3.05) is 32.0 Å². The number of halogens is 2. The fraction of sp³-hybridized carbons (Fsp3) is 0.320. The van der Waals surface area contributed by atoms with Gasteiger partial charge in [0.25, 0.3) is 0 Å². The molecule has 9 heteroatoms. The number of rotatable bonds is 6. The van der Waals surface area contributed by atoms with Crippen molar-refractivity contribution < 1.29 is 9.59 Å². The second-order valence-electron chi connectivity index (χ2n) is 7.58. The van der Waals surface area contributed by atoms with Gasteiger partial charge in [-0.1, -0.05) is 35.3 Å². The minimum atomic E-state index is -0.189. The van der Waals surface area contributed by atoms with Gasteiger partial charge >= 0.3 is 6.03 Å². The maximum absolute atomic E-state index is 12.8. The predicted octanol–water partition coefficient (Wildman–Crippen LogP) is 5.17. The summed E-state index contributed by atoms with van der Waals surface area (Å²) in [6.07, 6.45) is 3.89. The van der Waals surface area contributed by atoms with Crippen LogP contribution in [0.3, 0.4) is 0 Å². The van der Waals surface area contributed by atoms with E-state index in [2.05, 4.69) is 16.0 Å². The van der Waals surface area contributed by atoms with E-state index in [-0.39, 0.29) is 6.03 Å². The number of carbonyl (C=O) groups excluding carboxylic acids is 2. The Hall–Kier alpha value is -2.87. The zero-order chi connectivity index (χ0) is 24.9. The summed E-state index contributed by atoms with van der Waals surface area (Å²) >= 11 is 12.5. The van der Waals surface area contributed by atoms with Crippen LogP contribution in [-0.2, 0) is 4.79 Å². The number of piperidine rings is 1. The first-order chi connectivity index (χ1) is 16.5. The molecular formula is C25H31Cl2N5O2. The second-order valence-corrected chi connectivity index (χ2v) is 8.42. The van der Waals surface area contributed by atoms with Gasteiger partial charge in [-0.25, -0.2) is 9.79 Å². The van der Waals surface area contributed by atoms with Gasteiger partial charge in [-0.05, 0) is 81.2 Å².